The number of nitrogens with zero attached hydrogens (tertiary/aromatic N) is 3. The van der Waals surface area contributed by atoms with Gasteiger partial charge in [0.2, 0.25) is 0 Å². The van der Waals surface area contributed by atoms with E-state index in [0.29, 0.717) is 50.8 Å². The van der Waals surface area contributed by atoms with Gasteiger partial charge in [-0.15, -0.1) is 0 Å². The summed E-state index contributed by atoms with van der Waals surface area (Å²) in [5.74, 6) is -1.30. The average Bonchev–Trinajstić information content (AvgIpc) is 3.32. The van der Waals surface area contributed by atoms with Gasteiger partial charge in [-0.25, -0.2) is 28.1 Å². The van der Waals surface area contributed by atoms with E-state index in [9.17, 15) is 43.2 Å². The SMILES string of the molecule is CCCCCCCCOC(=O)CCSCCC(=O)OC(C)n1c(=O)n(C(C)OC(=O)CCSCCC(=O)OCCCCCCCC)c(=O)n(C(C)OC(=O)CCSCCC(=O)OCCCCCCCC)c1=O. The lowest BCUT2D eigenvalue weighted by Gasteiger charge is -2.23. The molecule has 1 heterocycles. The number of hydrogen-bond acceptors (Lipinski definition) is 18. The average molecular weight is 1080 g/mol. The van der Waals surface area contributed by atoms with E-state index in [-0.39, 0.29) is 73.7 Å². The van der Waals surface area contributed by atoms with Crippen molar-refractivity contribution in [3.63, 3.8) is 0 Å². The molecule has 1 rings (SSSR count). The zero-order valence-electron chi connectivity index (χ0n) is 44.3. The fraction of sp³-hybridized carbons (Fsp3) is 0.824. The van der Waals surface area contributed by atoms with Crippen molar-refractivity contribution in [2.75, 3.05) is 54.3 Å². The summed E-state index contributed by atoms with van der Waals surface area (Å²) >= 11 is 3.98. The minimum absolute atomic E-state index is 0.136. The van der Waals surface area contributed by atoms with E-state index in [2.05, 4.69) is 20.8 Å². The van der Waals surface area contributed by atoms with Gasteiger partial charge >= 0.3 is 52.9 Å². The van der Waals surface area contributed by atoms with E-state index in [0.717, 1.165) is 77.0 Å². The molecule has 0 radical (unpaired) electrons. The number of ether oxygens (including phenoxy) is 6. The molecule has 0 amide bonds. The molecule has 3 unspecified atom stereocenters. The summed E-state index contributed by atoms with van der Waals surface area (Å²) in [6.07, 6.45) is 14.7. The fourth-order valence-corrected chi connectivity index (χ4v) is 9.57. The molecule has 3 atom stereocenters. The highest BCUT2D eigenvalue weighted by Crippen LogP contribution is 2.15. The van der Waals surface area contributed by atoms with Crippen LogP contribution in [-0.2, 0) is 57.2 Å². The fourth-order valence-electron chi connectivity index (χ4n) is 7.09. The third-order valence-electron chi connectivity index (χ3n) is 11.2. The Morgan fingerprint density at radius 2 is 0.556 bits per heavy atom. The van der Waals surface area contributed by atoms with E-state index >= 15 is 0 Å². The lowest BCUT2D eigenvalue weighted by molar-refractivity contribution is -0.154. The van der Waals surface area contributed by atoms with Crippen LogP contribution in [0.1, 0.15) is 214 Å². The quantitative estimate of drug-likeness (QED) is 0.0337. The van der Waals surface area contributed by atoms with E-state index in [1.807, 2.05) is 0 Å². The van der Waals surface area contributed by atoms with Gasteiger partial charge in [0.1, 0.15) is 0 Å². The minimum atomic E-state index is -1.56. The Hall–Kier alpha value is -3.72. The number of carbonyl (C=O) groups is 6. The van der Waals surface area contributed by atoms with Crippen molar-refractivity contribution in [3.8, 4) is 0 Å². The van der Waals surface area contributed by atoms with Gasteiger partial charge in [-0.1, -0.05) is 117 Å². The number of aromatic nitrogens is 3. The number of hydrogen-bond donors (Lipinski definition) is 0. The van der Waals surface area contributed by atoms with Crippen LogP contribution >= 0.6 is 35.3 Å². The Morgan fingerprint density at radius 1 is 0.347 bits per heavy atom. The molecule has 0 aromatic carbocycles. The highest BCUT2D eigenvalue weighted by molar-refractivity contribution is 7.99. The molecular weight excluding hydrogens is 991 g/mol. The molecule has 72 heavy (non-hydrogen) atoms. The Kier molecular flexibility index (Phi) is 39.2. The van der Waals surface area contributed by atoms with Crippen LogP contribution in [0.25, 0.3) is 0 Å². The Bertz CT molecular complexity index is 1650. The lowest BCUT2D eigenvalue weighted by atomic mass is 10.1. The first-order valence-corrected chi connectivity index (χ1v) is 29.9. The predicted octanol–water partition coefficient (Wildman–Crippen LogP) is 9.61. The molecule has 0 spiro atoms. The van der Waals surface area contributed by atoms with Gasteiger partial charge in [0.15, 0.2) is 18.7 Å². The molecule has 21 heteroatoms. The van der Waals surface area contributed by atoms with Gasteiger partial charge in [0, 0.05) is 34.5 Å². The first kappa shape index (κ1) is 66.3. The van der Waals surface area contributed by atoms with Crippen LogP contribution in [0, 0.1) is 0 Å². The molecule has 0 fully saturated rings. The molecule has 0 saturated heterocycles. The zero-order chi connectivity index (χ0) is 53.4. The molecule has 0 saturated carbocycles. The standard InChI is InChI=1S/C51H87N3O15S3/c1-7-10-13-16-19-22-31-64-43(55)25-34-70-37-28-46(58)67-40(4)52-49(61)53(41(5)68-47(59)29-38-71-35-26-44(56)65-32-23-20-17-14-11-8-2)51(63)54(50(52)62)42(6)69-48(60)30-39-72-36-27-45(57)66-33-24-21-18-15-12-9-3/h40-42H,7-39H2,1-6H3. The van der Waals surface area contributed by atoms with Crippen LogP contribution in [0.4, 0.5) is 0 Å². The number of esters is 6. The van der Waals surface area contributed by atoms with Crippen molar-refractivity contribution in [1.82, 2.24) is 13.7 Å². The summed E-state index contributed by atoms with van der Waals surface area (Å²) < 4.78 is 33.8. The van der Waals surface area contributed by atoms with Gasteiger partial charge in [-0.05, 0) is 40.0 Å². The molecule has 1 aromatic heterocycles. The third-order valence-corrected chi connectivity index (χ3v) is 14.2. The Morgan fingerprint density at radius 3 is 0.792 bits per heavy atom. The molecule has 0 N–H and O–H groups in total. The topological polar surface area (TPSA) is 224 Å². The highest BCUT2D eigenvalue weighted by Gasteiger charge is 2.29. The maximum absolute atomic E-state index is 13.9. The normalized spacial score (nSPS) is 12.4. The molecular formula is C51H87N3O15S3. The number of unbranched alkanes of at least 4 members (excludes halogenated alkanes) is 15. The summed E-state index contributed by atoms with van der Waals surface area (Å²) in [4.78, 5) is 117. The second-order valence-electron chi connectivity index (χ2n) is 17.5. The van der Waals surface area contributed by atoms with Gasteiger partial charge in [0.25, 0.3) is 0 Å². The number of carbonyl (C=O) groups excluding carboxylic acids is 6. The van der Waals surface area contributed by atoms with Crippen molar-refractivity contribution in [2.45, 2.75) is 214 Å². The minimum Gasteiger partial charge on any atom is -0.466 e. The largest absolute Gasteiger partial charge is 0.466 e. The van der Waals surface area contributed by atoms with Crippen molar-refractivity contribution < 1.29 is 57.2 Å². The molecule has 0 aliphatic heterocycles. The molecule has 1 aromatic rings. The van der Waals surface area contributed by atoms with Crippen molar-refractivity contribution in [3.05, 3.63) is 31.5 Å². The van der Waals surface area contributed by atoms with E-state index < -0.39 is 53.7 Å². The van der Waals surface area contributed by atoms with Crippen LogP contribution in [0.3, 0.4) is 0 Å². The number of rotatable bonds is 45. The summed E-state index contributed by atoms with van der Waals surface area (Å²) in [5.41, 5.74) is -3.74. The lowest BCUT2D eigenvalue weighted by Crippen LogP contribution is -2.57. The highest BCUT2D eigenvalue weighted by atomic mass is 32.2. The second-order valence-corrected chi connectivity index (χ2v) is 21.2. The molecule has 414 valence electrons. The van der Waals surface area contributed by atoms with Crippen LogP contribution < -0.4 is 17.1 Å². The monoisotopic (exact) mass is 1080 g/mol. The van der Waals surface area contributed by atoms with Gasteiger partial charge in [0.05, 0.1) is 58.3 Å². The van der Waals surface area contributed by atoms with Crippen LogP contribution in [0.15, 0.2) is 14.4 Å². The third kappa shape index (κ3) is 31.1. The molecule has 0 bridgehead atoms. The first-order chi connectivity index (χ1) is 34.7. The Labute approximate surface area is 440 Å². The van der Waals surface area contributed by atoms with Gasteiger partial charge in [-0.2, -0.15) is 35.3 Å². The summed E-state index contributed by atoms with van der Waals surface area (Å²) in [6, 6.07) is 0. The predicted molar refractivity (Wildman–Crippen MR) is 284 cm³/mol. The molecule has 18 nitrogen and oxygen atoms in total. The van der Waals surface area contributed by atoms with E-state index in [1.165, 1.54) is 94.6 Å². The zero-order valence-corrected chi connectivity index (χ0v) is 46.7. The number of thioether (sulfide) groups is 3. The maximum Gasteiger partial charge on any atom is 0.342 e. The molecule has 0 aliphatic carbocycles. The van der Waals surface area contributed by atoms with Crippen LogP contribution in [0.5, 0.6) is 0 Å². The maximum atomic E-state index is 13.9. The van der Waals surface area contributed by atoms with Gasteiger partial charge in [-0.3, -0.25) is 28.8 Å². The van der Waals surface area contributed by atoms with Crippen molar-refractivity contribution in [1.29, 1.82) is 0 Å². The van der Waals surface area contributed by atoms with E-state index in [1.54, 1.807) is 0 Å². The van der Waals surface area contributed by atoms with Crippen molar-refractivity contribution >= 4 is 71.1 Å². The van der Waals surface area contributed by atoms with E-state index in [4.69, 9.17) is 28.4 Å². The van der Waals surface area contributed by atoms with Crippen molar-refractivity contribution in [2.24, 2.45) is 0 Å². The van der Waals surface area contributed by atoms with Crippen LogP contribution in [-0.4, -0.2) is 104 Å². The first-order valence-electron chi connectivity index (χ1n) is 26.5. The summed E-state index contributed by atoms with van der Waals surface area (Å²) in [5, 5.41) is 0. The van der Waals surface area contributed by atoms with Gasteiger partial charge < -0.3 is 28.4 Å². The second kappa shape index (κ2) is 42.6. The Balaban J connectivity index is 2.95. The summed E-state index contributed by atoms with van der Waals surface area (Å²) in [6.45, 7) is 11.3. The summed E-state index contributed by atoms with van der Waals surface area (Å²) in [7, 11) is 0. The smallest absolute Gasteiger partial charge is 0.342 e. The van der Waals surface area contributed by atoms with Crippen LogP contribution in [0.2, 0.25) is 0 Å². The molecule has 0 aliphatic rings.